The fraction of sp³-hybridized carbons (Fsp3) is 0.200. The molecule has 4 nitrogen and oxygen atoms in total. The van der Waals surface area contributed by atoms with Crippen LogP contribution in [-0.2, 0) is 19.7 Å². The third-order valence-corrected chi connectivity index (χ3v) is 4.07. The summed E-state index contributed by atoms with van der Waals surface area (Å²) < 4.78 is 7.53. The number of benzene rings is 2. The molecule has 0 aliphatic heterocycles. The number of nitrogens with zero attached hydrogens (tertiary/aromatic N) is 1. The summed E-state index contributed by atoms with van der Waals surface area (Å²) in [7, 11) is 1.67. The molecule has 0 atom stereocenters. The fourth-order valence-corrected chi connectivity index (χ4v) is 2.79. The summed E-state index contributed by atoms with van der Waals surface area (Å²) in [6, 6.07) is 22.2. The maximum absolute atomic E-state index is 9.62. The van der Waals surface area contributed by atoms with Crippen LogP contribution in [0.5, 0.6) is 5.75 Å². The van der Waals surface area contributed by atoms with E-state index in [1.807, 2.05) is 48.5 Å². The highest BCUT2D eigenvalue weighted by molar-refractivity contribution is 5.56. The molecule has 4 heteroatoms. The maximum Gasteiger partial charge on any atom is 0.141 e. The average Bonchev–Trinajstić information content (AvgIpc) is 3.02. The van der Waals surface area contributed by atoms with Gasteiger partial charge in [0, 0.05) is 17.9 Å². The first kappa shape index (κ1) is 16.1. The number of ether oxygens (including phenoxy) is 1. The molecule has 0 saturated carbocycles. The van der Waals surface area contributed by atoms with Gasteiger partial charge in [0.05, 0.1) is 25.9 Å². The zero-order valence-corrected chi connectivity index (χ0v) is 13.8. The molecule has 0 fully saturated rings. The molecular weight excluding hydrogens is 300 g/mol. The minimum Gasteiger partial charge on any atom is -0.495 e. The molecule has 0 radical (unpaired) electrons. The van der Waals surface area contributed by atoms with Gasteiger partial charge in [-0.25, -0.2) is 0 Å². The van der Waals surface area contributed by atoms with Crippen LogP contribution < -0.4 is 10.1 Å². The first-order valence-electron chi connectivity index (χ1n) is 8.00. The van der Waals surface area contributed by atoms with E-state index in [1.54, 1.807) is 7.11 Å². The van der Waals surface area contributed by atoms with E-state index in [9.17, 15) is 5.11 Å². The van der Waals surface area contributed by atoms with E-state index in [2.05, 4.69) is 28.1 Å². The second kappa shape index (κ2) is 7.70. The number of hydrogen-bond acceptors (Lipinski definition) is 3. The topological polar surface area (TPSA) is 46.4 Å². The van der Waals surface area contributed by atoms with E-state index in [0.717, 1.165) is 29.4 Å². The third-order valence-electron chi connectivity index (χ3n) is 4.07. The molecule has 1 aromatic heterocycles. The van der Waals surface area contributed by atoms with Gasteiger partial charge in [-0.05, 0) is 29.8 Å². The summed E-state index contributed by atoms with van der Waals surface area (Å²) >= 11 is 0. The second-order valence-corrected chi connectivity index (χ2v) is 5.60. The van der Waals surface area contributed by atoms with Gasteiger partial charge in [0.1, 0.15) is 5.75 Å². The molecule has 0 amide bonds. The van der Waals surface area contributed by atoms with Crippen molar-refractivity contribution < 1.29 is 9.84 Å². The predicted octanol–water partition coefficient (Wildman–Crippen LogP) is 3.65. The molecule has 2 N–H and O–H groups in total. The number of methoxy groups -OCH3 is 1. The van der Waals surface area contributed by atoms with Gasteiger partial charge < -0.3 is 19.7 Å². The molecule has 2 aromatic carbocycles. The lowest BCUT2D eigenvalue weighted by Crippen LogP contribution is -2.11. The molecule has 0 unspecified atom stereocenters. The summed E-state index contributed by atoms with van der Waals surface area (Å²) in [5, 5.41) is 13.0. The van der Waals surface area contributed by atoms with E-state index >= 15 is 0 Å². The molecule has 3 aromatic rings. The molecule has 124 valence electrons. The summed E-state index contributed by atoms with van der Waals surface area (Å²) in [5.41, 5.74) is 4.20. The van der Waals surface area contributed by atoms with Crippen molar-refractivity contribution in [1.29, 1.82) is 0 Å². The summed E-state index contributed by atoms with van der Waals surface area (Å²) in [6.07, 6.45) is 0. The molecule has 0 aliphatic rings. The number of rotatable bonds is 7. The Balaban J connectivity index is 1.79. The molecule has 24 heavy (non-hydrogen) atoms. The Morgan fingerprint density at radius 2 is 1.62 bits per heavy atom. The van der Waals surface area contributed by atoms with Gasteiger partial charge in [-0.2, -0.15) is 0 Å². The minimum absolute atomic E-state index is 0.0293. The largest absolute Gasteiger partial charge is 0.495 e. The first-order valence-corrected chi connectivity index (χ1v) is 8.00. The number of anilines is 1. The Morgan fingerprint density at radius 3 is 2.38 bits per heavy atom. The van der Waals surface area contributed by atoms with Crippen molar-refractivity contribution in [3.63, 3.8) is 0 Å². The van der Waals surface area contributed by atoms with Crippen molar-refractivity contribution in [3.05, 3.63) is 83.7 Å². The van der Waals surface area contributed by atoms with Crippen molar-refractivity contribution in [2.24, 2.45) is 0 Å². The summed E-state index contributed by atoms with van der Waals surface area (Å²) in [5.74, 6) is 0.820. The van der Waals surface area contributed by atoms with Crippen LogP contribution in [0, 0.1) is 0 Å². The number of para-hydroxylation sites is 2. The van der Waals surface area contributed by atoms with E-state index < -0.39 is 0 Å². The van der Waals surface area contributed by atoms with Gasteiger partial charge in [0.25, 0.3) is 0 Å². The van der Waals surface area contributed by atoms with Gasteiger partial charge in [-0.15, -0.1) is 0 Å². The zero-order valence-electron chi connectivity index (χ0n) is 13.8. The molecular formula is C20H22N2O2. The van der Waals surface area contributed by atoms with E-state index in [4.69, 9.17) is 4.74 Å². The first-order chi connectivity index (χ1) is 11.8. The fourth-order valence-electron chi connectivity index (χ4n) is 2.79. The van der Waals surface area contributed by atoms with Gasteiger partial charge in [-0.3, -0.25) is 0 Å². The predicted molar refractivity (Wildman–Crippen MR) is 96.2 cm³/mol. The molecule has 0 aliphatic carbocycles. The van der Waals surface area contributed by atoms with Gasteiger partial charge in [-0.1, -0.05) is 42.5 Å². The van der Waals surface area contributed by atoms with Gasteiger partial charge in [0.2, 0.25) is 0 Å². The Morgan fingerprint density at radius 1 is 0.917 bits per heavy atom. The van der Waals surface area contributed by atoms with Gasteiger partial charge in [0.15, 0.2) is 0 Å². The quantitative estimate of drug-likeness (QED) is 0.698. The second-order valence-electron chi connectivity index (χ2n) is 5.60. The van der Waals surface area contributed by atoms with Gasteiger partial charge >= 0.3 is 0 Å². The van der Waals surface area contributed by atoms with Crippen LogP contribution in [0.25, 0.3) is 0 Å². The standard InChI is InChI=1S/C20H22N2O2/c1-24-20-10-6-5-9-19(20)21-13-17-11-12-18(15-23)22(17)14-16-7-3-2-4-8-16/h2-12,21,23H,13-15H2,1H3. The minimum atomic E-state index is 0.0293. The Labute approximate surface area is 142 Å². The molecule has 0 bridgehead atoms. The monoisotopic (exact) mass is 322 g/mol. The number of aliphatic hydroxyl groups excluding tert-OH is 1. The third kappa shape index (κ3) is 3.60. The Hall–Kier alpha value is -2.72. The smallest absolute Gasteiger partial charge is 0.141 e. The molecule has 0 saturated heterocycles. The summed E-state index contributed by atoms with van der Waals surface area (Å²) in [4.78, 5) is 0. The normalized spacial score (nSPS) is 10.6. The van der Waals surface area contributed by atoms with Crippen LogP contribution in [-0.4, -0.2) is 16.8 Å². The van der Waals surface area contributed by atoms with Crippen LogP contribution in [0.2, 0.25) is 0 Å². The molecule has 3 rings (SSSR count). The molecule has 1 heterocycles. The highest BCUT2D eigenvalue weighted by atomic mass is 16.5. The van der Waals surface area contributed by atoms with Crippen LogP contribution in [0.1, 0.15) is 17.0 Å². The van der Waals surface area contributed by atoms with Crippen molar-refractivity contribution in [2.45, 2.75) is 19.7 Å². The summed E-state index contributed by atoms with van der Waals surface area (Å²) in [6.45, 7) is 1.43. The van der Waals surface area contributed by atoms with Crippen molar-refractivity contribution >= 4 is 5.69 Å². The lowest BCUT2D eigenvalue weighted by atomic mass is 10.2. The SMILES string of the molecule is COc1ccccc1NCc1ccc(CO)n1Cc1ccccc1. The molecule has 0 spiro atoms. The number of aromatic nitrogens is 1. The lowest BCUT2D eigenvalue weighted by Gasteiger charge is -2.15. The number of aliphatic hydroxyl groups is 1. The Kier molecular flexibility index (Phi) is 5.18. The van der Waals surface area contributed by atoms with Crippen LogP contribution >= 0.6 is 0 Å². The van der Waals surface area contributed by atoms with Crippen LogP contribution in [0.4, 0.5) is 5.69 Å². The average molecular weight is 322 g/mol. The number of hydrogen-bond donors (Lipinski definition) is 2. The van der Waals surface area contributed by atoms with Crippen LogP contribution in [0.15, 0.2) is 66.7 Å². The van der Waals surface area contributed by atoms with E-state index in [1.165, 1.54) is 5.56 Å². The maximum atomic E-state index is 9.62. The van der Waals surface area contributed by atoms with Crippen molar-refractivity contribution in [3.8, 4) is 5.75 Å². The van der Waals surface area contributed by atoms with Crippen LogP contribution in [0.3, 0.4) is 0 Å². The lowest BCUT2D eigenvalue weighted by molar-refractivity contribution is 0.271. The van der Waals surface area contributed by atoms with Crippen molar-refractivity contribution in [2.75, 3.05) is 12.4 Å². The highest BCUT2D eigenvalue weighted by Gasteiger charge is 2.09. The van der Waals surface area contributed by atoms with Crippen molar-refractivity contribution in [1.82, 2.24) is 4.57 Å². The highest BCUT2D eigenvalue weighted by Crippen LogP contribution is 2.24. The number of nitrogens with one attached hydrogen (secondary N) is 1. The zero-order chi connectivity index (χ0) is 16.8. The Bertz CT molecular complexity index is 781. The van der Waals surface area contributed by atoms with E-state index in [-0.39, 0.29) is 6.61 Å². The van der Waals surface area contributed by atoms with E-state index in [0.29, 0.717) is 6.54 Å².